The van der Waals surface area contributed by atoms with Gasteiger partial charge in [-0.25, -0.2) is 5.84 Å². The van der Waals surface area contributed by atoms with Crippen LogP contribution in [0.2, 0.25) is 0 Å². The van der Waals surface area contributed by atoms with Gasteiger partial charge in [0.25, 0.3) is 5.91 Å². The largest absolute Gasteiger partial charge is 0.296 e. The van der Waals surface area contributed by atoms with Crippen LogP contribution in [-0.2, 0) is 6.54 Å². The first-order valence-electron chi connectivity index (χ1n) is 6.85. The van der Waals surface area contributed by atoms with Crippen LogP contribution in [0, 0.1) is 12.8 Å². The molecule has 1 fully saturated rings. The molecule has 0 saturated heterocycles. The van der Waals surface area contributed by atoms with Gasteiger partial charge in [-0.05, 0) is 37.3 Å². The Morgan fingerprint density at radius 2 is 2.26 bits per heavy atom. The van der Waals surface area contributed by atoms with Crippen molar-refractivity contribution in [2.75, 3.05) is 6.54 Å². The molecule has 0 unspecified atom stereocenters. The van der Waals surface area contributed by atoms with Crippen molar-refractivity contribution in [3.8, 4) is 0 Å². The number of rotatable bonds is 6. The molecule has 0 aromatic carbocycles. The molecule has 1 amide bonds. The molecule has 1 heterocycles. The maximum Gasteiger partial charge on any atom is 0.275 e. The first kappa shape index (κ1) is 14.5. The van der Waals surface area contributed by atoms with E-state index in [2.05, 4.69) is 31.1 Å². The van der Waals surface area contributed by atoms with Gasteiger partial charge >= 0.3 is 0 Å². The Morgan fingerprint density at radius 1 is 1.58 bits per heavy atom. The third kappa shape index (κ3) is 3.78. The van der Waals surface area contributed by atoms with Crippen molar-refractivity contribution in [1.29, 1.82) is 0 Å². The SMILES string of the molecule is Cc1sc(C(=O)NN)cc1CN(CC(C)C)C1CC1. The normalized spacial score (nSPS) is 15.3. The first-order chi connectivity index (χ1) is 9.01. The molecule has 2 rings (SSSR count). The predicted molar refractivity (Wildman–Crippen MR) is 79.0 cm³/mol. The minimum absolute atomic E-state index is 0.193. The number of nitrogen functional groups attached to an aromatic ring is 1. The highest BCUT2D eigenvalue weighted by Crippen LogP contribution is 2.31. The molecule has 0 aliphatic heterocycles. The maximum absolute atomic E-state index is 11.5. The second kappa shape index (κ2) is 6.03. The molecule has 106 valence electrons. The van der Waals surface area contributed by atoms with Crippen LogP contribution >= 0.6 is 11.3 Å². The van der Waals surface area contributed by atoms with Gasteiger partial charge in [0, 0.05) is 24.0 Å². The molecular formula is C14H23N3OS. The van der Waals surface area contributed by atoms with Crippen molar-refractivity contribution in [1.82, 2.24) is 10.3 Å². The molecule has 4 nitrogen and oxygen atoms in total. The van der Waals surface area contributed by atoms with Gasteiger partial charge in [0.1, 0.15) is 0 Å². The number of amides is 1. The lowest BCUT2D eigenvalue weighted by Crippen LogP contribution is -2.30. The summed E-state index contributed by atoms with van der Waals surface area (Å²) in [5, 5.41) is 0. The molecule has 1 aliphatic carbocycles. The van der Waals surface area contributed by atoms with Crippen LogP contribution in [0.4, 0.5) is 0 Å². The number of nitrogens with one attached hydrogen (secondary N) is 1. The van der Waals surface area contributed by atoms with E-state index in [1.807, 2.05) is 6.07 Å². The van der Waals surface area contributed by atoms with E-state index in [4.69, 9.17) is 5.84 Å². The zero-order valence-electron chi connectivity index (χ0n) is 11.9. The Labute approximate surface area is 118 Å². The summed E-state index contributed by atoms with van der Waals surface area (Å²) in [7, 11) is 0. The summed E-state index contributed by atoms with van der Waals surface area (Å²) in [6.07, 6.45) is 2.62. The molecule has 1 saturated carbocycles. The van der Waals surface area contributed by atoms with Gasteiger partial charge in [0.2, 0.25) is 0 Å². The monoisotopic (exact) mass is 281 g/mol. The molecule has 0 atom stereocenters. The molecule has 1 aromatic rings. The molecule has 0 radical (unpaired) electrons. The number of carbonyl (C=O) groups is 1. The van der Waals surface area contributed by atoms with Crippen LogP contribution in [-0.4, -0.2) is 23.4 Å². The fourth-order valence-corrected chi connectivity index (χ4v) is 3.27. The Balaban J connectivity index is 2.08. The number of aryl methyl sites for hydroxylation is 1. The summed E-state index contributed by atoms with van der Waals surface area (Å²) in [5.74, 6) is 5.66. The quantitative estimate of drug-likeness (QED) is 0.478. The lowest BCUT2D eigenvalue weighted by molar-refractivity contribution is 0.0957. The molecule has 19 heavy (non-hydrogen) atoms. The van der Waals surface area contributed by atoms with Crippen molar-refractivity contribution in [3.63, 3.8) is 0 Å². The molecule has 0 bridgehead atoms. The highest BCUT2D eigenvalue weighted by molar-refractivity contribution is 7.14. The van der Waals surface area contributed by atoms with Gasteiger partial charge in [-0.3, -0.25) is 15.1 Å². The number of thiophene rings is 1. The van der Waals surface area contributed by atoms with Crippen LogP contribution in [0.3, 0.4) is 0 Å². The summed E-state index contributed by atoms with van der Waals surface area (Å²) in [5.41, 5.74) is 3.46. The summed E-state index contributed by atoms with van der Waals surface area (Å²) < 4.78 is 0. The minimum atomic E-state index is -0.193. The average Bonchev–Trinajstić information content (AvgIpc) is 3.13. The van der Waals surface area contributed by atoms with E-state index < -0.39 is 0 Å². The highest BCUT2D eigenvalue weighted by Gasteiger charge is 2.29. The Morgan fingerprint density at radius 3 is 2.79 bits per heavy atom. The Hall–Kier alpha value is -0.910. The summed E-state index contributed by atoms with van der Waals surface area (Å²) in [4.78, 5) is 16.0. The van der Waals surface area contributed by atoms with Crippen molar-refractivity contribution in [2.24, 2.45) is 11.8 Å². The average molecular weight is 281 g/mol. The van der Waals surface area contributed by atoms with Gasteiger partial charge < -0.3 is 0 Å². The number of nitrogens with zero attached hydrogens (tertiary/aromatic N) is 1. The van der Waals surface area contributed by atoms with Crippen LogP contribution in [0.5, 0.6) is 0 Å². The van der Waals surface area contributed by atoms with Gasteiger partial charge in [0.15, 0.2) is 0 Å². The van der Waals surface area contributed by atoms with E-state index >= 15 is 0 Å². The Bertz CT molecular complexity index is 452. The van der Waals surface area contributed by atoms with E-state index in [0.717, 1.165) is 19.1 Å². The van der Waals surface area contributed by atoms with Crippen molar-refractivity contribution < 1.29 is 4.79 Å². The first-order valence-corrected chi connectivity index (χ1v) is 7.67. The summed E-state index contributed by atoms with van der Waals surface area (Å²) in [6.45, 7) is 8.65. The number of nitrogens with two attached hydrogens (primary N) is 1. The topological polar surface area (TPSA) is 58.4 Å². The van der Waals surface area contributed by atoms with Crippen molar-refractivity contribution >= 4 is 17.2 Å². The molecule has 1 aliphatic rings. The fourth-order valence-electron chi connectivity index (χ4n) is 2.33. The molecule has 0 spiro atoms. The number of hydrogen-bond acceptors (Lipinski definition) is 4. The lowest BCUT2D eigenvalue weighted by Gasteiger charge is -2.23. The third-order valence-corrected chi connectivity index (χ3v) is 4.50. The minimum Gasteiger partial charge on any atom is -0.296 e. The molecule has 1 aromatic heterocycles. The van der Waals surface area contributed by atoms with Crippen molar-refractivity contribution in [3.05, 3.63) is 21.4 Å². The van der Waals surface area contributed by atoms with E-state index in [1.165, 1.54) is 34.6 Å². The predicted octanol–water partition coefficient (Wildman–Crippen LogP) is 2.28. The number of hydrogen-bond donors (Lipinski definition) is 2. The van der Waals surface area contributed by atoms with E-state index in [9.17, 15) is 4.79 Å². The summed E-state index contributed by atoms with van der Waals surface area (Å²) in [6, 6.07) is 2.73. The smallest absolute Gasteiger partial charge is 0.275 e. The lowest BCUT2D eigenvalue weighted by atomic mass is 10.1. The molecule has 3 N–H and O–H groups in total. The zero-order chi connectivity index (χ0) is 14.0. The van der Waals surface area contributed by atoms with Gasteiger partial charge in [0.05, 0.1) is 4.88 Å². The van der Waals surface area contributed by atoms with Crippen LogP contribution in [0.25, 0.3) is 0 Å². The van der Waals surface area contributed by atoms with E-state index in [0.29, 0.717) is 10.8 Å². The second-order valence-electron chi connectivity index (χ2n) is 5.72. The van der Waals surface area contributed by atoms with E-state index in [1.54, 1.807) is 0 Å². The van der Waals surface area contributed by atoms with Crippen LogP contribution in [0.15, 0.2) is 6.07 Å². The van der Waals surface area contributed by atoms with E-state index in [-0.39, 0.29) is 5.91 Å². The van der Waals surface area contributed by atoms with Gasteiger partial charge in [-0.2, -0.15) is 0 Å². The number of hydrazine groups is 1. The van der Waals surface area contributed by atoms with Gasteiger partial charge in [-0.15, -0.1) is 11.3 Å². The Kier molecular flexibility index (Phi) is 4.60. The third-order valence-electron chi connectivity index (χ3n) is 3.41. The highest BCUT2D eigenvalue weighted by atomic mass is 32.1. The molecular weight excluding hydrogens is 258 g/mol. The van der Waals surface area contributed by atoms with Crippen LogP contribution < -0.4 is 11.3 Å². The second-order valence-corrected chi connectivity index (χ2v) is 6.98. The fraction of sp³-hybridized carbons (Fsp3) is 0.643. The number of carbonyl (C=O) groups excluding carboxylic acids is 1. The van der Waals surface area contributed by atoms with Gasteiger partial charge in [-0.1, -0.05) is 13.8 Å². The zero-order valence-corrected chi connectivity index (χ0v) is 12.7. The maximum atomic E-state index is 11.5. The standard InChI is InChI=1S/C14H23N3OS/c1-9(2)7-17(12-4-5-12)8-11-6-13(14(18)16-15)19-10(11)3/h6,9,12H,4-5,7-8,15H2,1-3H3,(H,16,18). The van der Waals surface area contributed by atoms with Crippen molar-refractivity contribution in [2.45, 2.75) is 46.2 Å². The van der Waals surface area contributed by atoms with Crippen LogP contribution in [0.1, 0.15) is 46.8 Å². The molecule has 5 heteroatoms. The summed E-state index contributed by atoms with van der Waals surface area (Å²) >= 11 is 1.52.